The van der Waals surface area contributed by atoms with E-state index in [0.29, 0.717) is 0 Å². The highest BCUT2D eigenvalue weighted by Gasteiger charge is 2.38. The third-order valence-electron chi connectivity index (χ3n) is 3.84. The molecule has 1 unspecified atom stereocenters. The van der Waals surface area contributed by atoms with Crippen molar-refractivity contribution < 1.29 is 26.4 Å². The standard InChI is InChI=1S/C15H20N2O6S2/c1-11(18)16-6-7-17-15(19)12-3-2-4-13(9-12)25(22,23)14-5-8-24(20,21)10-14/h2-4,9,14H,5-8,10H2,1H3,(H,16,18)(H,17,19). The first-order valence-electron chi connectivity index (χ1n) is 7.69. The number of amides is 2. The Hall–Kier alpha value is -1.94. The first-order chi connectivity index (χ1) is 11.6. The predicted molar refractivity (Wildman–Crippen MR) is 91.7 cm³/mol. The van der Waals surface area contributed by atoms with Gasteiger partial charge in [-0.05, 0) is 24.6 Å². The number of nitrogens with one attached hydrogen (secondary N) is 2. The van der Waals surface area contributed by atoms with Crippen molar-refractivity contribution in [1.82, 2.24) is 10.6 Å². The molecule has 1 atom stereocenters. The highest BCUT2D eigenvalue weighted by Crippen LogP contribution is 2.25. The van der Waals surface area contributed by atoms with E-state index in [4.69, 9.17) is 0 Å². The molecule has 0 radical (unpaired) electrons. The highest BCUT2D eigenvalue weighted by atomic mass is 32.2. The Morgan fingerprint density at radius 2 is 1.88 bits per heavy atom. The molecule has 0 spiro atoms. The summed E-state index contributed by atoms with van der Waals surface area (Å²) in [4.78, 5) is 22.8. The fourth-order valence-corrected chi connectivity index (χ4v) is 6.93. The maximum atomic E-state index is 12.6. The van der Waals surface area contributed by atoms with Crippen LogP contribution in [-0.4, -0.2) is 58.5 Å². The molecule has 138 valence electrons. The van der Waals surface area contributed by atoms with Crippen molar-refractivity contribution in [2.45, 2.75) is 23.5 Å². The van der Waals surface area contributed by atoms with Crippen molar-refractivity contribution in [3.8, 4) is 0 Å². The van der Waals surface area contributed by atoms with Crippen LogP contribution in [-0.2, 0) is 24.5 Å². The van der Waals surface area contributed by atoms with Gasteiger partial charge in [-0.2, -0.15) is 0 Å². The molecule has 0 aliphatic carbocycles. The zero-order chi connectivity index (χ0) is 18.7. The van der Waals surface area contributed by atoms with Gasteiger partial charge >= 0.3 is 0 Å². The maximum absolute atomic E-state index is 12.6. The van der Waals surface area contributed by atoms with E-state index in [1.165, 1.54) is 31.2 Å². The normalized spacial score (nSPS) is 19.3. The molecule has 1 aromatic carbocycles. The minimum atomic E-state index is -3.82. The quantitative estimate of drug-likeness (QED) is 0.634. The number of rotatable bonds is 6. The second-order valence-corrected chi connectivity index (χ2v) is 10.3. The Labute approximate surface area is 146 Å². The van der Waals surface area contributed by atoms with Crippen LogP contribution in [0.4, 0.5) is 0 Å². The molecule has 0 bridgehead atoms. The average molecular weight is 388 g/mol. The van der Waals surface area contributed by atoms with Gasteiger partial charge in [0.05, 0.1) is 21.7 Å². The second-order valence-electron chi connectivity index (χ2n) is 5.84. The molecular weight excluding hydrogens is 368 g/mol. The number of sulfone groups is 2. The summed E-state index contributed by atoms with van der Waals surface area (Å²) in [5, 5.41) is 4.12. The van der Waals surface area contributed by atoms with E-state index in [1.807, 2.05) is 0 Å². The molecule has 2 rings (SSSR count). The summed E-state index contributed by atoms with van der Waals surface area (Å²) in [7, 11) is -7.15. The smallest absolute Gasteiger partial charge is 0.251 e. The zero-order valence-corrected chi connectivity index (χ0v) is 15.3. The van der Waals surface area contributed by atoms with Crippen LogP contribution in [0.1, 0.15) is 23.7 Å². The summed E-state index contributed by atoms with van der Waals surface area (Å²) in [6.45, 7) is 1.83. The van der Waals surface area contributed by atoms with Gasteiger partial charge in [0.2, 0.25) is 5.91 Å². The lowest BCUT2D eigenvalue weighted by molar-refractivity contribution is -0.118. The van der Waals surface area contributed by atoms with Gasteiger partial charge in [0, 0.05) is 25.6 Å². The van der Waals surface area contributed by atoms with Crippen molar-refractivity contribution in [1.29, 1.82) is 0 Å². The fraction of sp³-hybridized carbons (Fsp3) is 0.467. The molecule has 0 aromatic heterocycles. The Kier molecular flexibility index (Phi) is 5.83. The molecule has 0 saturated carbocycles. The van der Waals surface area contributed by atoms with Gasteiger partial charge < -0.3 is 10.6 Å². The summed E-state index contributed by atoms with van der Waals surface area (Å²) >= 11 is 0. The number of carbonyl (C=O) groups is 2. The second kappa shape index (κ2) is 7.52. The Balaban J connectivity index is 2.10. The Morgan fingerprint density at radius 3 is 2.48 bits per heavy atom. The zero-order valence-electron chi connectivity index (χ0n) is 13.7. The minimum absolute atomic E-state index is 0.0656. The lowest BCUT2D eigenvalue weighted by Gasteiger charge is -2.11. The van der Waals surface area contributed by atoms with Crippen molar-refractivity contribution in [2.75, 3.05) is 24.6 Å². The highest BCUT2D eigenvalue weighted by molar-refractivity contribution is 7.96. The molecule has 1 heterocycles. The third-order valence-corrected chi connectivity index (χ3v) is 8.01. The van der Waals surface area contributed by atoms with Crippen molar-refractivity contribution in [2.24, 2.45) is 0 Å². The van der Waals surface area contributed by atoms with Gasteiger partial charge in [-0.3, -0.25) is 9.59 Å². The van der Waals surface area contributed by atoms with Crippen LogP contribution in [0, 0.1) is 0 Å². The van der Waals surface area contributed by atoms with Gasteiger partial charge in [0.25, 0.3) is 5.91 Å². The van der Waals surface area contributed by atoms with Crippen molar-refractivity contribution >= 4 is 31.5 Å². The van der Waals surface area contributed by atoms with Crippen LogP contribution in [0.2, 0.25) is 0 Å². The molecule has 25 heavy (non-hydrogen) atoms. The van der Waals surface area contributed by atoms with Crippen LogP contribution in [0.25, 0.3) is 0 Å². The molecular formula is C15H20N2O6S2. The number of carbonyl (C=O) groups excluding carboxylic acids is 2. The summed E-state index contributed by atoms with van der Waals surface area (Å²) in [5.41, 5.74) is 0.157. The lowest BCUT2D eigenvalue weighted by Crippen LogP contribution is -2.33. The molecule has 1 saturated heterocycles. The van der Waals surface area contributed by atoms with Gasteiger partial charge in [-0.15, -0.1) is 0 Å². The molecule has 8 nitrogen and oxygen atoms in total. The minimum Gasteiger partial charge on any atom is -0.355 e. The first kappa shape index (κ1) is 19.4. The molecule has 10 heteroatoms. The van der Waals surface area contributed by atoms with E-state index in [9.17, 15) is 26.4 Å². The van der Waals surface area contributed by atoms with E-state index in [2.05, 4.69) is 10.6 Å². The van der Waals surface area contributed by atoms with E-state index in [1.54, 1.807) is 0 Å². The van der Waals surface area contributed by atoms with E-state index < -0.39 is 30.8 Å². The summed E-state index contributed by atoms with van der Waals surface area (Å²) in [6.07, 6.45) is 0.0673. The van der Waals surface area contributed by atoms with Crippen molar-refractivity contribution in [3.63, 3.8) is 0 Å². The Bertz CT molecular complexity index is 877. The molecule has 1 aliphatic heterocycles. The topological polar surface area (TPSA) is 126 Å². The van der Waals surface area contributed by atoms with Crippen LogP contribution in [0.5, 0.6) is 0 Å². The van der Waals surface area contributed by atoms with E-state index >= 15 is 0 Å². The average Bonchev–Trinajstić information content (AvgIpc) is 2.92. The lowest BCUT2D eigenvalue weighted by atomic mass is 10.2. The van der Waals surface area contributed by atoms with Gasteiger partial charge in [-0.1, -0.05) is 6.07 Å². The van der Waals surface area contributed by atoms with Crippen molar-refractivity contribution in [3.05, 3.63) is 29.8 Å². The molecule has 2 amide bonds. The first-order valence-corrected chi connectivity index (χ1v) is 11.1. The summed E-state index contributed by atoms with van der Waals surface area (Å²) in [5.74, 6) is -1.21. The molecule has 1 aliphatic rings. The van der Waals surface area contributed by atoms with Gasteiger partial charge in [0.1, 0.15) is 0 Å². The number of benzene rings is 1. The SMILES string of the molecule is CC(=O)NCCNC(=O)c1cccc(S(=O)(=O)C2CCS(=O)(=O)C2)c1. The summed E-state index contributed by atoms with van der Waals surface area (Å²) in [6, 6.07) is 5.51. The van der Waals surface area contributed by atoms with Crippen LogP contribution in [0.3, 0.4) is 0 Å². The monoisotopic (exact) mass is 388 g/mol. The van der Waals surface area contributed by atoms with E-state index in [0.717, 1.165) is 0 Å². The van der Waals surface area contributed by atoms with Gasteiger partial charge in [-0.25, -0.2) is 16.8 Å². The van der Waals surface area contributed by atoms with E-state index in [-0.39, 0.29) is 47.4 Å². The van der Waals surface area contributed by atoms with Gasteiger partial charge in [0.15, 0.2) is 19.7 Å². The largest absolute Gasteiger partial charge is 0.355 e. The van der Waals surface area contributed by atoms with Crippen LogP contribution >= 0.6 is 0 Å². The molecule has 1 aromatic rings. The molecule has 2 N–H and O–H groups in total. The number of hydrogen-bond acceptors (Lipinski definition) is 6. The fourth-order valence-electron chi connectivity index (χ4n) is 2.53. The Morgan fingerprint density at radius 1 is 1.20 bits per heavy atom. The van der Waals surface area contributed by atoms with Crippen LogP contribution < -0.4 is 10.6 Å². The molecule has 1 fully saturated rings. The maximum Gasteiger partial charge on any atom is 0.251 e. The predicted octanol–water partition coefficient (Wildman–Crippen LogP) is -0.487. The summed E-state index contributed by atoms with van der Waals surface area (Å²) < 4.78 is 48.2. The number of hydrogen-bond donors (Lipinski definition) is 2. The third kappa shape index (κ3) is 5.02. The van der Waals surface area contributed by atoms with Crippen LogP contribution in [0.15, 0.2) is 29.2 Å².